The number of hydrogen-bond donors (Lipinski definition) is 1. The summed E-state index contributed by atoms with van der Waals surface area (Å²) in [6.07, 6.45) is 2.81. The van der Waals surface area contributed by atoms with Gasteiger partial charge in [0.25, 0.3) is 5.24 Å². The van der Waals surface area contributed by atoms with Crippen molar-refractivity contribution >= 4 is 28.9 Å². The first-order chi connectivity index (χ1) is 5.16. The number of nitrogens with two attached hydrogens (primary N) is 1. The highest BCUT2D eigenvalue weighted by Gasteiger charge is 2.11. The molecule has 2 N–H and O–H groups in total. The number of nitrogen functional groups attached to an aromatic ring is 1. The van der Waals surface area contributed by atoms with Crippen LogP contribution in [0.3, 0.4) is 0 Å². The molecule has 0 aliphatic carbocycles. The van der Waals surface area contributed by atoms with Crippen molar-refractivity contribution in [3.05, 3.63) is 18.6 Å². The quantitative estimate of drug-likeness (QED) is 0.674. The summed E-state index contributed by atoms with van der Waals surface area (Å²) >= 11 is 5.15. The molecular weight excluding hydrogens is 166 g/mol. The van der Waals surface area contributed by atoms with E-state index in [1.54, 1.807) is 0 Å². The molecule has 11 heavy (non-hydrogen) atoms. The van der Waals surface area contributed by atoms with E-state index in [-0.39, 0.29) is 11.5 Å². The number of anilines is 1. The van der Waals surface area contributed by atoms with E-state index in [0.29, 0.717) is 0 Å². The van der Waals surface area contributed by atoms with Crippen molar-refractivity contribution in [1.29, 1.82) is 0 Å². The first-order valence-corrected chi connectivity index (χ1v) is 3.19. The second kappa shape index (κ2) is 2.75. The maximum absolute atomic E-state index is 10.6. The molecule has 0 atom stereocenters. The van der Waals surface area contributed by atoms with E-state index in [9.17, 15) is 4.79 Å². The van der Waals surface area contributed by atoms with Gasteiger partial charge in [0.15, 0.2) is 5.69 Å². The van der Waals surface area contributed by atoms with E-state index < -0.39 is 5.24 Å². The zero-order valence-electron chi connectivity index (χ0n) is 5.62. The lowest BCUT2D eigenvalue weighted by Gasteiger charge is -1.93. The second-order valence-corrected chi connectivity index (χ2v) is 2.19. The zero-order chi connectivity index (χ0) is 8.43. The highest BCUT2D eigenvalue weighted by molar-refractivity contribution is 6.67. The molecule has 0 saturated heterocycles. The van der Waals surface area contributed by atoms with Gasteiger partial charge in [-0.15, -0.1) is 0 Å². The Hall–Kier alpha value is -1.29. The summed E-state index contributed by atoms with van der Waals surface area (Å²) in [5, 5.41) is -0.664. The summed E-state index contributed by atoms with van der Waals surface area (Å²) in [7, 11) is 0. The fraction of sp³-hybridized carbons (Fsp3) is 0. The van der Waals surface area contributed by atoms with Crippen molar-refractivity contribution < 1.29 is 4.79 Å². The highest BCUT2D eigenvalue weighted by atomic mass is 35.5. The van der Waals surface area contributed by atoms with E-state index in [2.05, 4.69) is 11.6 Å². The lowest BCUT2D eigenvalue weighted by molar-refractivity contribution is 0.107. The average Bonchev–Trinajstić information content (AvgIpc) is 2.30. The lowest BCUT2D eigenvalue weighted by Crippen LogP contribution is -1.99. The van der Waals surface area contributed by atoms with Crippen molar-refractivity contribution in [2.45, 2.75) is 0 Å². The molecule has 0 spiro atoms. The van der Waals surface area contributed by atoms with Crippen molar-refractivity contribution in [3.63, 3.8) is 0 Å². The van der Waals surface area contributed by atoms with Gasteiger partial charge in [-0.3, -0.25) is 9.36 Å². The third-order valence-electron chi connectivity index (χ3n) is 1.21. The number of halogens is 1. The molecule has 0 aliphatic rings. The van der Waals surface area contributed by atoms with Crippen LogP contribution in [0.4, 0.5) is 5.82 Å². The van der Waals surface area contributed by atoms with Crippen LogP contribution in [-0.2, 0) is 0 Å². The van der Waals surface area contributed by atoms with Gasteiger partial charge in [0, 0.05) is 6.20 Å². The Balaban J connectivity index is 3.20. The van der Waals surface area contributed by atoms with Gasteiger partial charge >= 0.3 is 0 Å². The van der Waals surface area contributed by atoms with Gasteiger partial charge in [-0.1, -0.05) is 6.58 Å². The molecule has 0 unspecified atom stereocenters. The van der Waals surface area contributed by atoms with Gasteiger partial charge in [0.2, 0.25) is 0 Å². The van der Waals surface area contributed by atoms with Crippen molar-refractivity contribution in [2.75, 3.05) is 5.73 Å². The normalized spacial score (nSPS) is 9.55. The Labute approximate surface area is 68.3 Å². The lowest BCUT2D eigenvalue weighted by atomic mass is 10.5. The number of rotatable bonds is 2. The Morgan fingerprint density at radius 1 is 1.91 bits per heavy atom. The molecule has 0 bridgehead atoms. The van der Waals surface area contributed by atoms with Gasteiger partial charge < -0.3 is 5.73 Å². The fourth-order valence-electron chi connectivity index (χ4n) is 0.667. The minimum Gasteiger partial charge on any atom is -0.383 e. The molecule has 58 valence electrons. The van der Waals surface area contributed by atoms with Gasteiger partial charge in [-0.2, -0.15) is 0 Å². The monoisotopic (exact) mass is 171 g/mol. The molecule has 0 radical (unpaired) electrons. The predicted molar refractivity (Wildman–Crippen MR) is 43.2 cm³/mol. The summed E-state index contributed by atoms with van der Waals surface area (Å²) in [5.41, 5.74) is 5.50. The van der Waals surface area contributed by atoms with Crippen molar-refractivity contribution in [3.8, 4) is 0 Å². The molecule has 5 heteroatoms. The zero-order valence-corrected chi connectivity index (χ0v) is 6.38. The number of carbonyl (C=O) groups is 1. The predicted octanol–water partition coefficient (Wildman–Crippen LogP) is 0.945. The largest absolute Gasteiger partial charge is 0.383 e. The summed E-state index contributed by atoms with van der Waals surface area (Å²) in [5.74, 6) is 0.208. The standard InChI is InChI=1S/C6H6ClN3O/c1-2-10-3-9-4(5(7)11)6(10)8/h2-3H,1,8H2. The third kappa shape index (κ3) is 1.25. The number of carbonyl (C=O) groups excluding carboxylic acids is 1. The molecule has 1 aromatic heterocycles. The Morgan fingerprint density at radius 2 is 2.55 bits per heavy atom. The molecule has 0 aromatic carbocycles. The van der Waals surface area contributed by atoms with Crippen LogP contribution < -0.4 is 5.73 Å². The molecule has 1 rings (SSSR count). The Morgan fingerprint density at radius 3 is 2.82 bits per heavy atom. The number of imidazole rings is 1. The van der Waals surface area contributed by atoms with E-state index in [1.165, 1.54) is 17.1 Å². The number of nitrogens with zero attached hydrogens (tertiary/aromatic N) is 2. The molecule has 1 aromatic rings. The van der Waals surface area contributed by atoms with Gasteiger partial charge in [0.1, 0.15) is 12.1 Å². The van der Waals surface area contributed by atoms with E-state index in [1.807, 2.05) is 0 Å². The minimum atomic E-state index is -0.664. The Bertz CT molecular complexity index is 305. The van der Waals surface area contributed by atoms with Crippen LogP contribution in [0.15, 0.2) is 12.9 Å². The fourth-order valence-corrected chi connectivity index (χ4v) is 0.813. The first-order valence-electron chi connectivity index (χ1n) is 2.81. The number of aromatic nitrogens is 2. The Kier molecular flexibility index (Phi) is 1.96. The van der Waals surface area contributed by atoms with E-state index in [4.69, 9.17) is 17.3 Å². The third-order valence-corrected chi connectivity index (χ3v) is 1.39. The maximum atomic E-state index is 10.6. The smallest absolute Gasteiger partial charge is 0.274 e. The number of hydrogen-bond acceptors (Lipinski definition) is 3. The average molecular weight is 172 g/mol. The van der Waals surface area contributed by atoms with Gasteiger partial charge in [0.05, 0.1) is 0 Å². The molecule has 0 fully saturated rings. The van der Waals surface area contributed by atoms with Gasteiger partial charge in [-0.25, -0.2) is 4.98 Å². The second-order valence-electron chi connectivity index (χ2n) is 1.84. The van der Waals surface area contributed by atoms with Crippen LogP contribution in [0.2, 0.25) is 0 Å². The molecule has 4 nitrogen and oxygen atoms in total. The first kappa shape index (κ1) is 7.81. The van der Waals surface area contributed by atoms with Crippen LogP contribution in [0.1, 0.15) is 10.5 Å². The van der Waals surface area contributed by atoms with E-state index in [0.717, 1.165) is 0 Å². The summed E-state index contributed by atoms with van der Waals surface area (Å²) in [6.45, 7) is 3.45. The summed E-state index contributed by atoms with van der Waals surface area (Å²) in [6, 6.07) is 0. The van der Waals surface area contributed by atoms with Crippen molar-refractivity contribution in [2.24, 2.45) is 0 Å². The van der Waals surface area contributed by atoms with Gasteiger partial charge in [-0.05, 0) is 11.6 Å². The molecule has 0 amide bonds. The molecule has 1 heterocycles. The van der Waals surface area contributed by atoms with E-state index >= 15 is 0 Å². The molecule has 0 saturated carbocycles. The van der Waals surface area contributed by atoms with Crippen LogP contribution in [0.25, 0.3) is 6.20 Å². The topological polar surface area (TPSA) is 60.9 Å². The van der Waals surface area contributed by atoms with Crippen LogP contribution >= 0.6 is 11.6 Å². The van der Waals surface area contributed by atoms with Crippen LogP contribution in [-0.4, -0.2) is 14.8 Å². The highest BCUT2D eigenvalue weighted by Crippen LogP contribution is 2.11. The summed E-state index contributed by atoms with van der Waals surface area (Å²) < 4.78 is 1.41. The summed E-state index contributed by atoms with van der Waals surface area (Å²) in [4.78, 5) is 14.2. The van der Waals surface area contributed by atoms with Crippen molar-refractivity contribution in [1.82, 2.24) is 9.55 Å². The molecular formula is C6H6ClN3O. The molecule has 0 aliphatic heterocycles. The maximum Gasteiger partial charge on any atom is 0.274 e. The minimum absolute atomic E-state index is 0.0616. The van der Waals surface area contributed by atoms with Crippen LogP contribution in [0.5, 0.6) is 0 Å². The SMILES string of the molecule is C=Cn1cnc(C(=O)Cl)c1N. The van der Waals surface area contributed by atoms with Crippen LogP contribution in [0, 0.1) is 0 Å².